The number of nitro groups is 1. The highest BCUT2D eigenvalue weighted by atomic mass is 16.6. The van der Waals surface area contributed by atoms with Gasteiger partial charge in [0.25, 0.3) is 5.69 Å². The van der Waals surface area contributed by atoms with Crippen molar-refractivity contribution in [1.29, 1.82) is 0 Å². The van der Waals surface area contributed by atoms with Gasteiger partial charge >= 0.3 is 11.9 Å². The zero-order chi connectivity index (χ0) is 18.1. The number of amides is 1. The Labute approximate surface area is 136 Å². The Hall–Kier alpha value is -3.49. The third-order valence-electron chi connectivity index (χ3n) is 2.59. The summed E-state index contributed by atoms with van der Waals surface area (Å²) < 4.78 is 9.73. The molecule has 126 valence electrons. The van der Waals surface area contributed by atoms with E-state index in [4.69, 9.17) is 9.47 Å². The minimum absolute atomic E-state index is 0.0211. The van der Waals surface area contributed by atoms with Crippen molar-refractivity contribution >= 4 is 23.5 Å². The lowest BCUT2D eigenvalue weighted by Gasteiger charge is -2.09. The molecule has 0 bridgehead atoms. The van der Waals surface area contributed by atoms with Crippen LogP contribution >= 0.6 is 0 Å². The monoisotopic (exact) mass is 334 g/mol. The molecule has 0 saturated carbocycles. The molecule has 1 aromatic rings. The van der Waals surface area contributed by atoms with E-state index in [0.717, 1.165) is 30.4 Å². The normalized spacial score (nSPS) is 9.50. The summed E-state index contributed by atoms with van der Waals surface area (Å²) in [4.78, 5) is 44.3. The van der Waals surface area contributed by atoms with Crippen molar-refractivity contribution in [2.75, 3.05) is 13.2 Å². The molecule has 0 aliphatic carbocycles. The summed E-state index contributed by atoms with van der Waals surface area (Å²) >= 11 is 0. The van der Waals surface area contributed by atoms with Crippen molar-refractivity contribution in [2.45, 2.75) is 0 Å². The first-order chi connectivity index (χ1) is 11.4. The molecule has 0 atom stereocenters. The summed E-state index contributed by atoms with van der Waals surface area (Å²) in [5.41, 5.74) is -0.672. The second-order valence-corrected chi connectivity index (χ2v) is 4.19. The summed E-state index contributed by atoms with van der Waals surface area (Å²) in [6.45, 7) is 6.31. The number of carbonyl (C=O) groups excluding carboxylic acids is 3. The van der Waals surface area contributed by atoms with Crippen LogP contribution in [0.15, 0.2) is 43.5 Å². The van der Waals surface area contributed by atoms with Gasteiger partial charge in [0.2, 0.25) is 5.91 Å². The van der Waals surface area contributed by atoms with Crippen LogP contribution in [0.25, 0.3) is 0 Å². The quantitative estimate of drug-likeness (QED) is 0.189. The molecule has 9 heteroatoms. The second-order valence-electron chi connectivity index (χ2n) is 4.19. The van der Waals surface area contributed by atoms with Gasteiger partial charge in [0.15, 0.2) is 0 Å². The highest BCUT2D eigenvalue weighted by Crippen LogP contribution is 2.25. The van der Waals surface area contributed by atoms with Gasteiger partial charge in [-0.05, 0) is 12.1 Å². The maximum Gasteiger partial charge on any atom is 0.342 e. The Morgan fingerprint density at radius 3 is 2.54 bits per heavy atom. The molecule has 1 N–H and O–H groups in total. The zero-order valence-electron chi connectivity index (χ0n) is 12.5. The fourth-order valence-corrected chi connectivity index (χ4v) is 1.50. The largest absolute Gasteiger partial charge is 0.460 e. The summed E-state index contributed by atoms with van der Waals surface area (Å²) in [6.07, 6.45) is 1.93. The average Bonchev–Trinajstić information content (AvgIpc) is 2.58. The van der Waals surface area contributed by atoms with Gasteiger partial charge in [0, 0.05) is 18.2 Å². The SMILES string of the molecule is C=CC(=O)NCCOC(=O)c1cc([N+](=O)[O-])ccc1OC(=O)C=C. The van der Waals surface area contributed by atoms with Crippen molar-refractivity contribution in [3.05, 3.63) is 59.2 Å². The topological polar surface area (TPSA) is 125 Å². The number of nitrogens with one attached hydrogen (secondary N) is 1. The molecule has 0 unspecified atom stereocenters. The number of hydrogen-bond acceptors (Lipinski definition) is 7. The fourth-order valence-electron chi connectivity index (χ4n) is 1.50. The lowest BCUT2D eigenvalue weighted by molar-refractivity contribution is -0.384. The second kappa shape index (κ2) is 8.83. The first-order valence-electron chi connectivity index (χ1n) is 6.59. The van der Waals surface area contributed by atoms with E-state index in [1.807, 2.05) is 0 Å². The molecule has 1 aromatic carbocycles. The molecule has 0 aliphatic rings. The lowest BCUT2D eigenvalue weighted by atomic mass is 10.2. The maximum atomic E-state index is 12.0. The first kappa shape index (κ1) is 18.6. The lowest BCUT2D eigenvalue weighted by Crippen LogP contribution is -2.26. The summed E-state index contributed by atoms with van der Waals surface area (Å²) in [5, 5.41) is 13.2. The van der Waals surface area contributed by atoms with E-state index in [2.05, 4.69) is 18.5 Å². The smallest absolute Gasteiger partial charge is 0.342 e. The number of hydrogen-bond donors (Lipinski definition) is 1. The van der Waals surface area contributed by atoms with Crippen LogP contribution in [-0.4, -0.2) is 35.9 Å². The standard InChI is InChI=1S/C15H14N2O7/c1-3-13(18)16-7-8-23-15(20)11-9-10(17(21)22)5-6-12(11)24-14(19)4-2/h3-6,9H,1-2,7-8H2,(H,16,18). The third-order valence-corrected chi connectivity index (χ3v) is 2.59. The Kier molecular flexibility index (Phi) is 6.83. The van der Waals surface area contributed by atoms with Crippen molar-refractivity contribution in [3.8, 4) is 5.75 Å². The van der Waals surface area contributed by atoms with Crippen LogP contribution in [0.2, 0.25) is 0 Å². The van der Waals surface area contributed by atoms with Gasteiger partial charge in [-0.1, -0.05) is 13.2 Å². The Balaban J connectivity index is 2.89. The summed E-state index contributed by atoms with van der Waals surface area (Å²) in [5.74, 6) is -2.43. The Morgan fingerprint density at radius 1 is 1.25 bits per heavy atom. The molecular weight excluding hydrogens is 320 g/mol. The third kappa shape index (κ3) is 5.37. The molecule has 1 rings (SSSR count). The van der Waals surface area contributed by atoms with Gasteiger partial charge in [-0.25, -0.2) is 9.59 Å². The molecule has 0 fully saturated rings. The molecule has 0 radical (unpaired) electrons. The van der Waals surface area contributed by atoms with Crippen molar-refractivity contribution in [3.63, 3.8) is 0 Å². The van der Waals surface area contributed by atoms with Gasteiger partial charge in [-0.2, -0.15) is 0 Å². The Bertz CT molecular complexity index is 697. The number of carbonyl (C=O) groups is 3. The number of ether oxygens (including phenoxy) is 2. The van der Waals surface area contributed by atoms with E-state index in [1.54, 1.807) is 0 Å². The highest BCUT2D eigenvalue weighted by Gasteiger charge is 2.20. The maximum absolute atomic E-state index is 12.0. The summed E-state index contributed by atoms with van der Waals surface area (Å²) in [7, 11) is 0. The van der Waals surface area contributed by atoms with Crippen LogP contribution in [0.4, 0.5) is 5.69 Å². The molecule has 24 heavy (non-hydrogen) atoms. The minimum atomic E-state index is -0.946. The molecule has 9 nitrogen and oxygen atoms in total. The predicted molar refractivity (Wildman–Crippen MR) is 82.4 cm³/mol. The average molecular weight is 334 g/mol. The van der Waals surface area contributed by atoms with Gasteiger partial charge < -0.3 is 14.8 Å². The molecular formula is C15H14N2O7. The van der Waals surface area contributed by atoms with Crippen LogP contribution in [0.1, 0.15) is 10.4 Å². The number of nitro benzene ring substituents is 1. The zero-order valence-corrected chi connectivity index (χ0v) is 12.5. The van der Waals surface area contributed by atoms with Crippen LogP contribution in [0.3, 0.4) is 0 Å². The number of esters is 2. The van der Waals surface area contributed by atoms with E-state index >= 15 is 0 Å². The molecule has 0 aliphatic heterocycles. The van der Waals surface area contributed by atoms with E-state index in [0.29, 0.717) is 0 Å². The van der Waals surface area contributed by atoms with Crippen LogP contribution in [0.5, 0.6) is 5.75 Å². The summed E-state index contributed by atoms with van der Waals surface area (Å²) in [6, 6.07) is 3.11. The molecule has 0 saturated heterocycles. The number of benzene rings is 1. The highest BCUT2D eigenvalue weighted by molar-refractivity contribution is 5.95. The van der Waals surface area contributed by atoms with E-state index in [-0.39, 0.29) is 30.2 Å². The minimum Gasteiger partial charge on any atom is -0.460 e. The number of rotatable bonds is 8. The first-order valence-corrected chi connectivity index (χ1v) is 6.59. The van der Waals surface area contributed by atoms with Crippen LogP contribution in [0, 0.1) is 10.1 Å². The van der Waals surface area contributed by atoms with E-state index in [9.17, 15) is 24.5 Å². The molecule has 1 amide bonds. The van der Waals surface area contributed by atoms with Crippen molar-refractivity contribution < 1.29 is 28.8 Å². The van der Waals surface area contributed by atoms with Gasteiger partial charge in [0.1, 0.15) is 17.9 Å². The number of non-ortho nitro benzene ring substituents is 1. The molecule has 0 aromatic heterocycles. The van der Waals surface area contributed by atoms with Crippen molar-refractivity contribution in [2.24, 2.45) is 0 Å². The van der Waals surface area contributed by atoms with Gasteiger partial charge in [0.05, 0.1) is 11.5 Å². The number of nitrogens with zero attached hydrogens (tertiary/aromatic N) is 1. The van der Waals surface area contributed by atoms with Gasteiger partial charge in [-0.15, -0.1) is 0 Å². The molecule has 0 heterocycles. The van der Waals surface area contributed by atoms with Crippen molar-refractivity contribution in [1.82, 2.24) is 5.32 Å². The Morgan fingerprint density at radius 2 is 1.96 bits per heavy atom. The van der Waals surface area contributed by atoms with E-state index < -0.39 is 22.8 Å². The fraction of sp³-hybridized carbons (Fsp3) is 0.133. The predicted octanol–water partition coefficient (Wildman–Crippen LogP) is 1.15. The van der Waals surface area contributed by atoms with Crippen LogP contribution in [-0.2, 0) is 14.3 Å². The van der Waals surface area contributed by atoms with Gasteiger partial charge in [-0.3, -0.25) is 14.9 Å². The van der Waals surface area contributed by atoms with Crippen LogP contribution < -0.4 is 10.1 Å². The van der Waals surface area contributed by atoms with E-state index in [1.165, 1.54) is 0 Å². The molecule has 0 spiro atoms.